The summed E-state index contributed by atoms with van der Waals surface area (Å²) in [5, 5.41) is 0. The van der Waals surface area contributed by atoms with Crippen molar-refractivity contribution in [3.8, 4) is 11.5 Å². The van der Waals surface area contributed by atoms with Gasteiger partial charge in [0.1, 0.15) is 12.4 Å². The molecule has 0 aliphatic rings. The van der Waals surface area contributed by atoms with Gasteiger partial charge in [0.05, 0.1) is 11.6 Å². The normalized spacial score (nSPS) is 10.3. The molecule has 0 saturated heterocycles. The maximum absolute atomic E-state index is 13.5. The number of methoxy groups -OCH3 is 1. The summed E-state index contributed by atoms with van der Waals surface area (Å²) in [4.78, 5) is 0. The zero-order chi connectivity index (χ0) is 13.8. The molecular formula is C15H14BrFO2. The Morgan fingerprint density at radius 1 is 1.11 bits per heavy atom. The molecule has 0 saturated carbocycles. The Kier molecular flexibility index (Phi) is 4.43. The summed E-state index contributed by atoms with van der Waals surface area (Å²) in [5.74, 6) is 0.676. The lowest BCUT2D eigenvalue weighted by Gasteiger charge is -2.09. The third kappa shape index (κ3) is 3.47. The molecule has 0 amide bonds. The molecule has 0 aliphatic carbocycles. The van der Waals surface area contributed by atoms with E-state index in [1.165, 1.54) is 6.07 Å². The molecule has 0 bridgehead atoms. The summed E-state index contributed by atoms with van der Waals surface area (Å²) in [7, 11) is 1.61. The van der Waals surface area contributed by atoms with Crippen molar-refractivity contribution in [2.45, 2.75) is 13.5 Å². The summed E-state index contributed by atoms with van der Waals surface area (Å²) in [6.07, 6.45) is 0. The fourth-order valence-corrected chi connectivity index (χ4v) is 2.27. The van der Waals surface area contributed by atoms with E-state index in [1.54, 1.807) is 19.2 Å². The zero-order valence-electron chi connectivity index (χ0n) is 10.7. The number of hydrogen-bond donors (Lipinski definition) is 0. The van der Waals surface area contributed by atoms with Crippen molar-refractivity contribution in [3.63, 3.8) is 0 Å². The Morgan fingerprint density at radius 2 is 1.89 bits per heavy atom. The van der Waals surface area contributed by atoms with E-state index in [0.717, 1.165) is 21.3 Å². The van der Waals surface area contributed by atoms with Gasteiger partial charge in [0.25, 0.3) is 0 Å². The van der Waals surface area contributed by atoms with Gasteiger partial charge in [-0.25, -0.2) is 4.39 Å². The first-order valence-corrected chi connectivity index (χ1v) is 6.61. The van der Waals surface area contributed by atoms with E-state index in [4.69, 9.17) is 9.47 Å². The summed E-state index contributed by atoms with van der Waals surface area (Å²) >= 11 is 3.40. The molecule has 0 radical (unpaired) electrons. The highest BCUT2D eigenvalue weighted by Crippen LogP contribution is 2.26. The Morgan fingerprint density at radius 3 is 2.58 bits per heavy atom. The van der Waals surface area contributed by atoms with E-state index in [9.17, 15) is 4.39 Å². The minimum Gasteiger partial charge on any atom is -0.496 e. The van der Waals surface area contributed by atoms with Crippen LogP contribution in [0.15, 0.2) is 40.9 Å². The quantitative estimate of drug-likeness (QED) is 0.825. The van der Waals surface area contributed by atoms with Gasteiger partial charge in [0.2, 0.25) is 0 Å². The van der Waals surface area contributed by atoms with Crippen LogP contribution in [0.3, 0.4) is 0 Å². The van der Waals surface area contributed by atoms with Gasteiger partial charge in [-0.1, -0.05) is 12.1 Å². The van der Waals surface area contributed by atoms with Gasteiger partial charge in [0.15, 0.2) is 11.6 Å². The van der Waals surface area contributed by atoms with Gasteiger partial charge in [-0.15, -0.1) is 0 Å². The summed E-state index contributed by atoms with van der Waals surface area (Å²) in [6, 6.07) is 10.4. The summed E-state index contributed by atoms with van der Waals surface area (Å²) < 4.78 is 25.0. The van der Waals surface area contributed by atoms with Gasteiger partial charge in [0, 0.05) is 0 Å². The smallest absolute Gasteiger partial charge is 0.165 e. The number of benzene rings is 2. The van der Waals surface area contributed by atoms with Gasteiger partial charge < -0.3 is 9.47 Å². The molecule has 0 spiro atoms. The second kappa shape index (κ2) is 6.06. The highest BCUT2D eigenvalue weighted by atomic mass is 79.9. The molecule has 0 atom stereocenters. The molecule has 0 heterocycles. The van der Waals surface area contributed by atoms with Crippen molar-refractivity contribution >= 4 is 15.9 Å². The second-order valence-electron chi connectivity index (χ2n) is 4.19. The first-order valence-electron chi connectivity index (χ1n) is 5.81. The Labute approximate surface area is 120 Å². The topological polar surface area (TPSA) is 18.5 Å². The van der Waals surface area contributed by atoms with Crippen LogP contribution in [0.2, 0.25) is 0 Å². The minimum atomic E-state index is -0.349. The Bertz CT molecular complexity index is 584. The Hall–Kier alpha value is -1.55. The van der Waals surface area contributed by atoms with Crippen LogP contribution in [0.1, 0.15) is 11.1 Å². The van der Waals surface area contributed by atoms with Gasteiger partial charge >= 0.3 is 0 Å². The molecule has 0 fully saturated rings. The maximum atomic E-state index is 13.5. The molecule has 2 rings (SSSR count). The predicted octanol–water partition coefficient (Wildman–Crippen LogP) is 4.48. The molecule has 19 heavy (non-hydrogen) atoms. The maximum Gasteiger partial charge on any atom is 0.165 e. The van der Waals surface area contributed by atoms with E-state index in [1.807, 2.05) is 25.1 Å². The van der Waals surface area contributed by atoms with E-state index < -0.39 is 0 Å². The lowest BCUT2D eigenvalue weighted by Crippen LogP contribution is -1.98. The average molecular weight is 325 g/mol. The van der Waals surface area contributed by atoms with Crippen LogP contribution in [0.4, 0.5) is 4.39 Å². The molecule has 0 N–H and O–H groups in total. The van der Waals surface area contributed by atoms with Crippen LogP contribution in [0.25, 0.3) is 0 Å². The van der Waals surface area contributed by atoms with Gasteiger partial charge in [-0.05, 0) is 58.2 Å². The first-order chi connectivity index (χ1) is 9.10. The highest BCUT2D eigenvalue weighted by Gasteiger charge is 2.05. The van der Waals surface area contributed by atoms with Crippen molar-refractivity contribution in [1.29, 1.82) is 0 Å². The van der Waals surface area contributed by atoms with Crippen LogP contribution in [-0.2, 0) is 6.61 Å². The van der Waals surface area contributed by atoms with E-state index in [-0.39, 0.29) is 11.6 Å². The van der Waals surface area contributed by atoms with Crippen molar-refractivity contribution in [2.75, 3.05) is 7.11 Å². The van der Waals surface area contributed by atoms with E-state index >= 15 is 0 Å². The largest absolute Gasteiger partial charge is 0.496 e. The monoisotopic (exact) mass is 324 g/mol. The molecule has 0 aliphatic heterocycles. The number of ether oxygens (including phenoxy) is 2. The van der Waals surface area contributed by atoms with Gasteiger partial charge in [-0.3, -0.25) is 0 Å². The fraction of sp³-hybridized carbons (Fsp3) is 0.200. The highest BCUT2D eigenvalue weighted by molar-refractivity contribution is 9.10. The van der Waals surface area contributed by atoms with Crippen molar-refractivity contribution in [2.24, 2.45) is 0 Å². The number of halogens is 2. The number of rotatable bonds is 4. The van der Waals surface area contributed by atoms with Crippen LogP contribution in [-0.4, -0.2) is 7.11 Å². The van der Waals surface area contributed by atoms with Crippen LogP contribution < -0.4 is 9.47 Å². The van der Waals surface area contributed by atoms with E-state index in [2.05, 4.69) is 15.9 Å². The summed E-state index contributed by atoms with van der Waals surface area (Å²) in [5.41, 5.74) is 1.90. The molecule has 0 unspecified atom stereocenters. The molecule has 0 aromatic heterocycles. The average Bonchev–Trinajstić information content (AvgIpc) is 2.40. The van der Waals surface area contributed by atoms with Crippen LogP contribution in [0.5, 0.6) is 11.5 Å². The molecule has 2 aromatic rings. The fourth-order valence-electron chi connectivity index (χ4n) is 1.68. The first kappa shape index (κ1) is 13.9. The Balaban J connectivity index is 2.10. The number of aryl methyl sites for hydroxylation is 1. The SMILES string of the molecule is COc1ccc(COc2cc(C)ccc2F)cc1Br. The van der Waals surface area contributed by atoms with Crippen molar-refractivity contribution in [1.82, 2.24) is 0 Å². The molecule has 2 aromatic carbocycles. The summed E-state index contributed by atoms with van der Waals surface area (Å²) in [6.45, 7) is 2.21. The molecule has 100 valence electrons. The zero-order valence-corrected chi connectivity index (χ0v) is 12.3. The minimum absolute atomic E-state index is 0.270. The van der Waals surface area contributed by atoms with Crippen LogP contribution in [0, 0.1) is 12.7 Å². The van der Waals surface area contributed by atoms with Crippen molar-refractivity contribution in [3.05, 3.63) is 57.8 Å². The van der Waals surface area contributed by atoms with E-state index in [0.29, 0.717) is 6.61 Å². The third-order valence-corrected chi connectivity index (χ3v) is 3.32. The lowest BCUT2D eigenvalue weighted by molar-refractivity contribution is 0.290. The van der Waals surface area contributed by atoms with Crippen molar-refractivity contribution < 1.29 is 13.9 Å². The lowest BCUT2D eigenvalue weighted by atomic mass is 10.2. The molecule has 4 heteroatoms. The number of hydrogen-bond acceptors (Lipinski definition) is 2. The van der Waals surface area contributed by atoms with Gasteiger partial charge in [-0.2, -0.15) is 0 Å². The predicted molar refractivity (Wildman–Crippen MR) is 76.2 cm³/mol. The molecular weight excluding hydrogens is 311 g/mol. The molecule has 2 nitrogen and oxygen atoms in total. The standard InChI is InChI=1S/C15H14BrFO2/c1-10-3-5-13(17)15(7-10)19-9-11-4-6-14(18-2)12(16)8-11/h3-8H,9H2,1-2H3. The van der Waals surface area contributed by atoms with Crippen LogP contribution >= 0.6 is 15.9 Å². The third-order valence-electron chi connectivity index (χ3n) is 2.70. The second-order valence-corrected chi connectivity index (χ2v) is 5.05.